The number of aliphatic hydroxyl groups is 5. The number of esters is 1. The third-order valence-corrected chi connectivity index (χ3v) is 16.2. The van der Waals surface area contributed by atoms with Crippen molar-refractivity contribution in [1.29, 1.82) is 0 Å². The second-order valence-corrected chi connectivity index (χ2v) is 24.6. The van der Waals surface area contributed by atoms with E-state index in [4.69, 9.17) is 14.2 Å². The molecule has 1 aliphatic heterocycles. The SMILES string of the molecule is CC/C=C\C/C=C\C/C=C\C/C=C\C/C=C\C/C=C\CCCCCCCCCC(O)C(=O)NC(COC1OC(CO)C(O)C(O)C1OC(=O)CCCCCCCC/C=C\C/C=C\C/C=C\C/C=C\C/C=C\C/C=C\CC)C(O)/C=C/CCCCCCCCCCCC. The Morgan fingerprint density at radius 1 is 0.435 bits per heavy atom. The van der Waals surface area contributed by atoms with Crippen molar-refractivity contribution in [3.05, 3.63) is 158 Å². The summed E-state index contributed by atoms with van der Waals surface area (Å²) in [6, 6.07) is -1.05. The predicted octanol–water partition coefficient (Wildman–Crippen LogP) is 19.5. The van der Waals surface area contributed by atoms with Gasteiger partial charge in [-0.05, 0) is 128 Å². The van der Waals surface area contributed by atoms with E-state index in [1.54, 1.807) is 6.08 Å². The van der Waals surface area contributed by atoms with E-state index in [2.05, 4.69) is 172 Å². The average Bonchev–Trinajstić information content (AvgIpc) is 0.881. The Labute approximate surface area is 561 Å². The van der Waals surface area contributed by atoms with Crippen molar-refractivity contribution >= 4 is 11.9 Å². The molecule has 0 bridgehead atoms. The van der Waals surface area contributed by atoms with Crippen molar-refractivity contribution in [1.82, 2.24) is 5.32 Å². The number of carbonyl (C=O) groups excluding carboxylic acids is 2. The fraction of sp³-hybridized carbons (Fsp3) is 0.654. The lowest BCUT2D eigenvalue weighted by Crippen LogP contribution is -2.61. The molecule has 8 atom stereocenters. The second-order valence-electron chi connectivity index (χ2n) is 24.6. The molecule has 6 N–H and O–H groups in total. The highest BCUT2D eigenvalue weighted by atomic mass is 16.7. The van der Waals surface area contributed by atoms with E-state index in [0.29, 0.717) is 12.8 Å². The van der Waals surface area contributed by atoms with Gasteiger partial charge in [0, 0.05) is 6.42 Å². The number of carbonyl (C=O) groups is 2. The van der Waals surface area contributed by atoms with Crippen LogP contribution in [0.25, 0.3) is 0 Å². The van der Waals surface area contributed by atoms with Crippen molar-refractivity contribution in [2.45, 2.75) is 327 Å². The van der Waals surface area contributed by atoms with Crippen LogP contribution >= 0.6 is 0 Å². The number of rotatable bonds is 61. The molecular weight excluding hydrogens is 1150 g/mol. The van der Waals surface area contributed by atoms with E-state index in [0.717, 1.165) is 180 Å². The highest BCUT2D eigenvalue weighted by Gasteiger charge is 2.47. The van der Waals surface area contributed by atoms with Gasteiger partial charge in [-0.1, -0.05) is 301 Å². The normalized spacial score (nSPS) is 18.9. The van der Waals surface area contributed by atoms with Gasteiger partial charge in [-0.2, -0.15) is 0 Å². The number of amides is 1. The zero-order valence-corrected chi connectivity index (χ0v) is 58.1. The Hall–Kier alpha value is -4.72. The van der Waals surface area contributed by atoms with Crippen LogP contribution in [0.3, 0.4) is 0 Å². The van der Waals surface area contributed by atoms with Crippen LogP contribution in [-0.2, 0) is 23.8 Å². The predicted molar refractivity (Wildman–Crippen MR) is 388 cm³/mol. The molecule has 0 saturated carbocycles. The van der Waals surface area contributed by atoms with E-state index >= 15 is 0 Å². The molecule has 522 valence electrons. The molecule has 0 aromatic heterocycles. The number of aliphatic hydroxyl groups excluding tert-OH is 5. The highest BCUT2D eigenvalue weighted by Crippen LogP contribution is 2.26. The summed E-state index contributed by atoms with van der Waals surface area (Å²) in [6.07, 6.45) is 87.0. The molecule has 11 nitrogen and oxygen atoms in total. The second kappa shape index (κ2) is 66.3. The molecule has 1 amide bonds. The molecule has 1 fully saturated rings. The van der Waals surface area contributed by atoms with Crippen LogP contribution in [0.1, 0.15) is 278 Å². The zero-order chi connectivity index (χ0) is 66.7. The molecule has 0 radical (unpaired) electrons. The summed E-state index contributed by atoms with van der Waals surface area (Å²) in [5, 5.41) is 57.3. The highest BCUT2D eigenvalue weighted by molar-refractivity contribution is 5.80. The number of allylic oxidation sites excluding steroid dienone is 25. The molecule has 0 aliphatic carbocycles. The monoisotopic (exact) mass is 1280 g/mol. The fourth-order valence-electron chi connectivity index (χ4n) is 10.5. The van der Waals surface area contributed by atoms with E-state index < -0.39 is 67.4 Å². The van der Waals surface area contributed by atoms with Gasteiger partial charge in [-0.15, -0.1) is 0 Å². The van der Waals surface area contributed by atoms with Crippen molar-refractivity contribution in [3.8, 4) is 0 Å². The van der Waals surface area contributed by atoms with Crippen LogP contribution in [0.5, 0.6) is 0 Å². The molecule has 1 rings (SSSR count). The average molecular weight is 1280 g/mol. The van der Waals surface area contributed by atoms with Gasteiger partial charge >= 0.3 is 5.97 Å². The van der Waals surface area contributed by atoms with Gasteiger partial charge in [0.05, 0.1) is 25.4 Å². The summed E-state index contributed by atoms with van der Waals surface area (Å²) in [5.74, 6) is -1.23. The number of hydrogen-bond donors (Lipinski definition) is 6. The fourth-order valence-corrected chi connectivity index (χ4v) is 10.5. The van der Waals surface area contributed by atoms with Gasteiger partial charge in [0.15, 0.2) is 12.4 Å². The Morgan fingerprint density at radius 3 is 1.17 bits per heavy atom. The molecule has 0 aromatic rings. The van der Waals surface area contributed by atoms with Gasteiger partial charge in [-0.25, -0.2) is 0 Å². The lowest BCUT2D eigenvalue weighted by atomic mass is 9.99. The maximum Gasteiger partial charge on any atom is 0.306 e. The maximum atomic E-state index is 13.5. The molecular formula is C81H133NO10. The van der Waals surface area contributed by atoms with Gasteiger partial charge in [0.1, 0.15) is 24.4 Å². The summed E-state index contributed by atoms with van der Waals surface area (Å²) < 4.78 is 17.7. The van der Waals surface area contributed by atoms with Crippen LogP contribution in [-0.4, -0.2) is 99.6 Å². The summed E-state index contributed by atoms with van der Waals surface area (Å²) in [7, 11) is 0. The summed E-state index contributed by atoms with van der Waals surface area (Å²) in [4.78, 5) is 26.7. The maximum absolute atomic E-state index is 13.5. The lowest BCUT2D eigenvalue weighted by Gasteiger charge is -2.41. The first-order valence-corrected chi connectivity index (χ1v) is 36.8. The van der Waals surface area contributed by atoms with Crippen LogP contribution in [0, 0.1) is 0 Å². The summed E-state index contributed by atoms with van der Waals surface area (Å²) in [6.45, 7) is 5.56. The Balaban J connectivity index is 2.59. The standard InChI is InChI=1S/C81H133NO10/c1-4-7-10-13-16-19-22-25-27-29-31-33-35-37-39-40-42-44-46-48-50-53-56-59-62-65-68-74(85)80(89)82-72(73(84)67-64-61-58-55-52-24-21-18-15-12-9-6-3)71-90-81-79(78(88)77(87)75(70-83)91-81)92-76(86)69-66-63-60-57-54-51-49-47-45-43-41-38-36-34-32-30-28-26-23-20-17-14-11-8-5-2/h7-8,10-11,16-17,19-20,25-28,31-34,37-39,41-42,44-45,47,64,67,72-75,77-79,81,83-85,87-88H,4-6,9,12-15,18,21-24,29-30,35-36,40,43,46,48-63,65-66,68-71H2,1-3H3,(H,82,89)/b10-7-,11-8-,19-16-,20-17-,27-25-,28-26-,33-31-,34-32-,39-37-,41-38-,44-42-,47-45-,67-64+. The molecule has 0 spiro atoms. The zero-order valence-electron chi connectivity index (χ0n) is 58.1. The Bertz CT molecular complexity index is 2110. The van der Waals surface area contributed by atoms with Crippen molar-refractivity contribution in [2.24, 2.45) is 0 Å². The number of hydrogen-bond acceptors (Lipinski definition) is 10. The van der Waals surface area contributed by atoms with Crippen LogP contribution in [0.2, 0.25) is 0 Å². The first-order chi connectivity index (χ1) is 45.2. The largest absolute Gasteiger partial charge is 0.454 e. The first-order valence-electron chi connectivity index (χ1n) is 36.8. The molecule has 1 heterocycles. The molecule has 1 saturated heterocycles. The third kappa shape index (κ3) is 52.6. The number of nitrogens with one attached hydrogen (secondary N) is 1. The molecule has 1 aliphatic rings. The molecule has 0 aromatic carbocycles. The van der Waals surface area contributed by atoms with Gasteiger partial charge < -0.3 is 45.1 Å². The smallest absolute Gasteiger partial charge is 0.306 e. The minimum Gasteiger partial charge on any atom is -0.454 e. The topological polar surface area (TPSA) is 175 Å². The van der Waals surface area contributed by atoms with E-state index in [1.165, 1.54) is 51.4 Å². The van der Waals surface area contributed by atoms with E-state index in [1.807, 2.05) is 6.08 Å². The van der Waals surface area contributed by atoms with Gasteiger partial charge in [0.2, 0.25) is 5.91 Å². The molecule has 92 heavy (non-hydrogen) atoms. The van der Waals surface area contributed by atoms with Crippen LogP contribution in [0.15, 0.2) is 158 Å². The minimum atomic E-state index is -1.63. The van der Waals surface area contributed by atoms with Crippen molar-refractivity contribution in [2.75, 3.05) is 13.2 Å². The third-order valence-electron chi connectivity index (χ3n) is 16.2. The summed E-state index contributed by atoms with van der Waals surface area (Å²) in [5.41, 5.74) is 0. The molecule has 11 heteroatoms. The van der Waals surface area contributed by atoms with E-state index in [9.17, 15) is 35.1 Å². The van der Waals surface area contributed by atoms with E-state index in [-0.39, 0.29) is 19.4 Å². The summed E-state index contributed by atoms with van der Waals surface area (Å²) >= 11 is 0. The number of ether oxygens (including phenoxy) is 3. The minimum absolute atomic E-state index is 0.0961. The Morgan fingerprint density at radius 2 is 0.783 bits per heavy atom. The Kier molecular flexibility index (Phi) is 61.5. The van der Waals surface area contributed by atoms with Crippen LogP contribution < -0.4 is 5.32 Å². The quantitative estimate of drug-likeness (QED) is 0.0195. The molecule has 8 unspecified atom stereocenters. The lowest BCUT2D eigenvalue weighted by molar-refractivity contribution is -0.305. The van der Waals surface area contributed by atoms with Gasteiger partial charge in [0.25, 0.3) is 0 Å². The number of unbranched alkanes of at least 4 members (excludes halogenated alkanes) is 23. The van der Waals surface area contributed by atoms with Crippen molar-refractivity contribution in [3.63, 3.8) is 0 Å². The first kappa shape index (κ1) is 85.3. The van der Waals surface area contributed by atoms with Crippen molar-refractivity contribution < 1.29 is 49.3 Å². The van der Waals surface area contributed by atoms with Gasteiger partial charge in [-0.3, -0.25) is 9.59 Å². The van der Waals surface area contributed by atoms with Crippen LogP contribution in [0.4, 0.5) is 0 Å².